The third kappa shape index (κ3) is 3.86. The van der Waals surface area contributed by atoms with Crippen LogP contribution in [0, 0.1) is 0 Å². The first-order valence-electron chi connectivity index (χ1n) is 10.0. The monoisotopic (exact) mass is 407 g/mol. The van der Waals surface area contributed by atoms with Gasteiger partial charge >= 0.3 is 5.97 Å². The second-order valence-electron chi connectivity index (χ2n) is 7.21. The molecular formula is C22H25N5O3. The van der Waals surface area contributed by atoms with Crippen LogP contribution in [-0.2, 0) is 23.1 Å². The molecule has 0 radical (unpaired) electrons. The van der Waals surface area contributed by atoms with E-state index in [1.54, 1.807) is 14.0 Å². The number of fused-ring (bicyclic) bond motifs is 1. The minimum Gasteiger partial charge on any atom is -0.462 e. The molecule has 1 N–H and O–H groups in total. The predicted octanol–water partition coefficient (Wildman–Crippen LogP) is 2.44. The van der Waals surface area contributed by atoms with Crippen molar-refractivity contribution in [2.75, 3.05) is 25.0 Å². The van der Waals surface area contributed by atoms with Crippen molar-refractivity contribution in [2.24, 2.45) is 7.05 Å². The van der Waals surface area contributed by atoms with E-state index < -0.39 is 5.97 Å². The first-order chi connectivity index (χ1) is 14.6. The molecule has 1 unspecified atom stereocenters. The highest BCUT2D eigenvalue weighted by molar-refractivity contribution is 6.00. The summed E-state index contributed by atoms with van der Waals surface area (Å²) in [6, 6.07) is 14.3. The lowest BCUT2D eigenvalue weighted by atomic mass is 10.00. The van der Waals surface area contributed by atoms with Gasteiger partial charge in [0.2, 0.25) is 5.91 Å². The Kier molecular flexibility index (Phi) is 5.67. The van der Waals surface area contributed by atoms with E-state index in [2.05, 4.69) is 44.3 Å². The summed E-state index contributed by atoms with van der Waals surface area (Å²) in [4.78, 5) is 27.2. The Morgan fingerprint density at radius 1 is 1.17 bits per heavy atom. The first-order valence-corrected chi connectivity index (χ1v) is 10.0. The van der Waals surface area contributed by atoms with Crippen molar-refractivity contribution in [3.8, 4) is 0 Å². The maximum atomic E-state index is 12.9. The molecule has 1 amide bonds. The van der Waals surface area contributed by atoms with Crippen molar-refractivity contribution in [3.05, 3.63) is 71.7 Å². The minimum atomic E-state index is -0.501. The summed E-state index contributed by atoms with van der Waals surface area (Å²) in [6.07, 6.45) is 3.48. The molecule has 1 aromatic carbocycles. The van der Waals surface area contributed by atoms with E-state index in [1.165, 1.54) is 10.9 Å². The van der Waals surface area contributed by atoms with Gasteiger partial charge in [-0.2, -0.15) is 5.10 Å². The molecule has 0 bridgehead atoms. The molecule has 4 rings (SSSR count). The van der Waals surface area contributed by atoms with E-state index in [1.807, 2.05) is 24.3 Å². The van der Waals surface area contributed by atoms with E-state index in [9.17, 15) is 9.59 Å². The van der Waals surface area contributed by atoms with Crippen LogP contribution in [0.5, 0.6) is 0 Å². The van der Waals surface area contributed by atoms with Gasteiger partial charge in [0.05, 0.1) is 25.4 Å². The zero-order valence-corrected chi connectivity index (χ0v) is 17.1. The summed E-state index contributed by atoms with van der Waals surface area (Å²) in [6.45, 7) is 3.75. The maximum Gasteiger partial charge on any atom is 0.343 e. The number of nitrogens with zero attached hydrogens (tertiary/aromatic N) is 4. The Balaban J connectivity index is 1.55. The number of hydrogen-bond acceptors (Lipinski definition) is 5. The number of benzene rings is 1. The van der Waals surface area contributed by atoms with E-state index in [0.717, 1.165) is 24.3 Å². The average molecular weight is 407 g/mol. The lowest BCUT2D eigenvalue weighted by molar-refractivity contribution is -0.118. The van der Waals surface area contributed by atoms with Crippen LogP contribution in [0.15, 0.2) is 54.9 Å². The highest BCUT2D eigenvalue weighted by atomic mass is 16.5. The summed E-state index contributed by atoms with van der Waals surface area (Å²) in [5.41, 5.74) is 2.55. The van der Waals surface area contributed by atoms with Gasteiger partial charge in [-0.1, -0.05) is 30.3 Å². The lowest BCUT2D eigenvalue weighted by Gasteiger charge is -2.36. The summed E-state index contributed by atoms with van der Waals surface area (Å²) >= 11 is 0. The van der Waals surface area contributed by atoms with Gasteiger partial charge in [0.1, 0.15) is 11.4 Å². The molecule has 30 heavy (non-hydrogen) atoms. The van der Waals surface area contributed by atoms with Gasteiger partial charge in [-0.15, -0.1) is 0 Å². The number of carbonyl (C=O) groups excluding carboxylic acids is 2. The molecule has 0 saturated carbocycles. The van der Waals surface area contributed by atoms with E-state index >= 15 is 0 Å². The van der Waals surface area contributed by atoms with Crippen molar-refractivity contribution >= 4 is 17.7 Å². The fraction of sp³-hybridized carbons (Fsp3) is 0.318. The minimum absolute atomic E-state index is 0.0169. The van der Waals surface area contributed by atoms with Crippen LogP contribution in [0.3, 0.4) is 0 Å². The molecule has 0 saturated heterocycles. The number of anilines is 1. The smallest absolute Gasteiger partial charge is 0.343 e. The standard InChI is InChI=1S/C22H25N5O3/c1-3-30-22(29)17-14-23-25(2)21(17)24-19(28)15-27-13-12-26-11-7-10-18(26)20(27)16-8-5-4-6-9-16/h4-11,14,20H,3,12-13,15H2,1-2H3,(H,24,28). The maximum absolute atomic E-state index is 12.9. The Morgan fingerprint density at radius 2 is 1.97 bits per heavy atom. The molecule has 0 aliphatic carbocycles. The van der Waals surface area contributed by atoms with E-state index in [4.69, 9.17) is 4.74 Å². The van der Waals surface area contributed by atoms with Gasteiger partial charge in [0.25, 0.3) is 0 Å². The van der Waals surface area contributed by atoms with Crippen LogP contribution < -0.4 is 5.32 Å². The second-order valence-corrected chi connectivity index (χ2v) is 7.21. The van der Waals surface area contributed by atoms with Crippen molar-refractivity contribution in [3.63, 3.8) is 0 Å². The number of aromatic nitrogens is 3. The fourth-order valence-corrected chi connectivity index (χ4v) is 3.92. The number of aryl methyl sites for hydroxylation is 1. The van der Waals surface area contributed by atoms with Gasteiger partial charge in [-0.05, 0) is 24.6 Å². The molecule has 3 heterocycles. The number of nitrogens with one attached hydrogen (secondary N) is 1. The average Bonchev–Trinajstić information content (AvgIpc) is 3.36. The van der Waals surface area contributed by atoms with Crippen LogP contribution in [0.2, 0.25) is 0 Å². The van der Waals surface area contributed by atoms with Gasteiger partial charge in [-0.3, -0.25) is 14.4 Å². The van der Waals surface area contributed by atoms with Crippen molar-refractivity contribution in [1.29, 1.82) is 0 Å². The third-order valence-electron chi connectivity index (χ3n) is 5.29. The van der Waals surface area contributed by atoms with Crippen LogP contribution in [0.4, 0.5) is 5.82 Å². The molecule has 0 fully saturated rings. The summed E-state index contributed by atoms with van der Waals surface area (Å²) in [7, 11) is 1.68. The molecule has 2 aromatic heterocycles. The molecule has 156 valence electrons. The largest absolute Gasteiger partial charge is 0.462 e. The summed E-state index contributed by atoms with van der Waals surface area (Å²) in [5.74, 6) is -0.362. The normalized spacial score (nSPS) is 16.1. The van der Waals surface area contributed by atoms with Crippen LogP contribution in [0.1, 0.15) is 34.6 Å². The van der Waals surface area contributed by atoms with Crippen LogP contribution in [0.25, 0.3) is 0 Å². The Labute approximate surface area is 175 Å². The highest BCUT2D eigenvalue weighted by Gasteiger charge is 2.30. The number of carbonyl (C=O) groups is 2. The summed E-state index contributed by atoms with van der Waals surface area (Å²) in [5, 5.41) is 6.94. The SMILES string of the molecule is CCOC(=O)c1cnn(C)c1NC(=O)CN1CCn2cccc2C1c1ccccc1. The third-order valence-corrected chi connectivity index (χ3v) is 5.29. The van der Waals surface area contributed by atoms with Gasteiger partial charge < -0.3 is 14.6 Å². The zero-order chi connectivity index (χ0) is 21.1. The van der Waals surface area contributed by atoms with Crippen molar-refractivity contribution < 1.29 is 14.3 Å². The van der Waals surface area contributed by atoms with Crippen molar-refractivity contribution in [2.45, 2.75) is 19.5 Å². The Morgan fingerprint density at radius 3 is 2.73 bits per heavy atom. The number of ether oxygens (including phenoxy) is 1. The first kappa shape index (κ1) is 19.9. The van der Waals surface area contributed by atoms with Gasteiger partial charge in [0, 0.05) is 32.0 Å². The van der Waals surface area contributed by atoms with Crippen LogP contribution >= 0.6 is 0 Å². The molecule has 3 aromatic rings. The molecule has 1 aliphatic heterocycles. The van der Waals surface area contributed by atoms with E-state index in [0.29, 0.717) is 5.82 Å². The van der Waals surface area contributed by atoms with Gasteiger partial charge in [-0.25, -0.2) is 4.79 Å². The van der Waals surface area contributed by atoms with Gasteiger partial charge in [0.15, 0.2) is 0 Å². The predicted molar refractivity (Wildman–Crippen MR) is 112 cm³/mol. The quantitative estimate of drug-likeness (QED) is 0.635. The zero-order valence-electron chi connectivity index (χ0n) is 17.1. The fourth-order valence-electron chi connectivity index (χ4n) is 3.92. The number of esters is 1. The topological polar surface area (TPSA) is 81.4 Å². The Bertz CT molecular complexity index is 1040. The highest BCUT2D eigenvalue weighted by Crippen LogP contribution is 2.32. The lowest BCUT2D eigenvalue weighted by Crippen LogP contribution is -2.42. The van der Waals surface area contributed by atoms with Crippen LogP contribution in [-0.4, -0.2) is 50.8 Å². The summed E-state index contributed by atoms with van der Waals surface area (Å²) < 4.78 is 8.76. The molecular weight excluding hydrogens is 382 g/mol. The van der Waals surface area contributed by atoms with E-state index in [-0.39, 0.29) is 30.7 Å². The Hall–Kier alpha value is -3.39. The van der Waals surface area contributed by atoms with Crippen molar-refractivity contribution in [1.82, 2.24) is 19.2 Å². The molecule has 1 aliphatic rings. The molecule has 8 nitrogen and oxygen atoms in total. The number of hydrogen-bond donors (Lipinski definition) is 1. The molecule has 8 heteroatoms. The second kappa shape index (κ2) is 8.54. The molecule has 0 spiro atoms. The number of amides is 1. The molecule has 1 atom stereocenters. The number of rotatable bonds is 6.